The van der Waals surface area contributed by atoms with Gasteiger partial charge in [0, 0.05) is 17.4 Å². The van der Waals surface area contributed by atoms with Crippen LogP contribution in [0.4, 0.5) is 0 Å². The van der Waals surface area contributed by atoms with Crippen molar-refractivity contribution in [3.8, 4) is 11.5 Å². The van der Waals surface area contributed by atoms with Crippen LogP contribution < -0.4 is 4.74 Å². The maximum absolute atomic E-state index is 10.9. The summed E-state index contributed by atoms with van der Waals surface area (Å²) in [6, 6.07) is 3.91. The summed E-state index contributed by atoms with van der Waals surface area (Å²) in [5, 5.41) is 30.6. The average Bonchev–Trinajstić information content (AvgIpc) is 2.63. The van der Waals surface area contributed by atoms with Crippen LogP contribution in [0.25, 0.3) is 0 Å². The predicted octanol–water partition coefficient (Wildman–Crippen LogP) is 4.85. The zero-order chi connectivity index (χ0) is 22.1. The van der Waals surface area contributed by atoms with Crippen molar-refractivity contribution in [3.05, 3.63) is 33.4 Å². The van der Waals surface area contributed by atoms with Gasteiger partial charge in [-0.05, 0) is 69.1 Å². The lowest BCUT2D eigenvalue weighted by molar-refractivity contribution is -0.757. The van der Waals surface area contributed by atoms with Gasteiger partial charge in [-0.3, -0.25) is 0 Å². The molecule has 0 aromatic heterocycles. The molecular weight excluding hydrogens is 386 g/mol. The highest BCUT2D eigenvalue weighted by molar-refractivity contribution is 5.53. The van der Waals surface area contributed by atoms with Gasteiger partial charge in [0.05, 0.1) is 12.7 Å². The molecule has 1 saturated carbocycles. The minimum absolute atomic E-state index is 0.103. The smallest absolute Gasteiger partial charge is 0.294 e. The van der Waals surface area contributed by atoms with E-state index in [4.69, 9.17) is 4.74 Å². The van der Waals surface area contributed by atoms with E-state index in [0.717, 1.165) is 49.0 Å². The molecule has 1 aliphatic carbocycles. The largest absolute Gasteiger partial charge is 0.508 e. The molecule has 168 valence electrons. The van der Waals surface area contributed by atoms with E-state index in [-0.39, 0.29) is 41.3 Å². The van der Waals surface area contributed by atoms with Crippen LogP contribution in [0, 0.1) is 16.0 Å². The van der Waals surface area contributed by atoms with Gasteiger partial charge in [-0.1, -0.05) is 26.7 Å². The lowest BCUT2D eigenvalue weighted by Gasteiger charge is -2.48. The van der Waals surface area contributed by atoms with Gasteiger partial charge in [0.2, 0.25) is 0 Å². The van der Waals surface area contributed by atoms with Crippen LogP contribution >= 0.6 is 0 Å². The van der Waals surface area contributed by atoms with E-state index in [1.807, 2.05) is 6.07 Å². The van der Waals surface area contributed by atoms with Crippen LogP contribution in [0.1, 0.15) is 89.7 Å². The van der Waals surface area contributed by atoms with Crippen molar-refractivity contribution >= 4 is 0 Å². The number of ether oxygens (including phenoxy) is 1. The molecule has 2 aliphatic rings. The van der Waals surface area contributed by atoms with E-state index in [0.29, 0.717) is 12.8 Å². The Morgan fingerprint density at radius 1 is 1.27 bits per heavy atom. The number of phenols is 1. The quantitative estimate of drug-likeness (QED) is 0.353. The molecule has 3 atom stereocenters. The summed E-state index contributed by atoms with van der Waals surface area (Å²) in [4.78, 5) is 14.6. The van der Waals surface area contributed by atoms with Crippen molar-refractivity contribution < 1.29 is 24.9 Å². The third kappa shape index (κ3) is 4.82. The summed E-state index contributed by atoms with van der Waals surface area (Å²) in [6.45, 7) is 8.62. The SMILES string of the molecule is CC(C)(CCCCCO[N+](=O)[O-])c1cc(O)c2c(c1)OC(C)(C)[C@@H]1CC[C@@H](O)C[C@@H]21. The fraction of sp³-hybridized carbons (Fsp3) is 0.739. The first-order valence-electron chi connectivity index (χ1n) is 11.0. The molecule has 3 rings (SSSR count). The number of aliphatic hydroxyl groups excluding tert-OH is 1. The van der Waals surface area contributed by atoms with Gasteiger partial charge in [0.25, 0.3) is 5.09 Å². The lowest BCUT2D eigenvalue weighted by Crippen LogP contribution is -2.47. The summed E-state index contributed by atoms with van der Waals surface area (Å²) in [7, 11) is 0. The van der Waals surface area contributed by atoms with Crippen LogP contribution in [0.3, 0.4) is 0 Å². The number of hydrogen-bond acceptors (Lipinski definition) is 6. The Kier molecular flexibility index (Phi) is 6.51. The van der Waals surface area contributed by atoms with Gasteiger partial charge in [-0.25, -0.2) is 0 Å². The molecule has 0 unspecified atom stereocenters. The first-order chi connectivity index (χ1) is 14.0. The number of phenolic OH excluding ortho intramolecular Hbond substituents is 1. The van der Waals surface area contributed by atoms with Gasteiger partial charge < -0.3 is 19.8 Å². The first kappa shape index (κ1) is 22.7. The topological polar surface area (TPSA) is 102 Å². The van der Waals surface area contributed by atoms with E-state index in [1.165, 1.54) is 0 Å². The van der Waals surface area contributed by atoms with Crippen molar-refractivity contribution in [1.82, 2.24) is 0 Å². The van der Waals surface area contributed by atoms with E-state index in [1.54, 1.807) is 0 Å². The van der Waals surface area contributed by atoms with Crippen molar-refractivity contribution in [2.24, 2.45) is 5.92 Å². The maximum atomic E-state index is 10.9. The Morgan fingerprint density at radius 2 is 2.00 bits per heavy atom. The molecule has 1 aromatic rings. The number of aliphatic hydroxyl groups is 1. The molecule has 30 heavy (non-hydrogen) atoms. The fourth-order valence-electron chi connectivity index (χ4n) is 5.25. The van der Waals surface area contributed by atoms with Gasteiger partial charge >= 0.3 is 0 Å². The van der Waals surface area contributed by atoms with Gasteiger partial charge in [-0.15, -0.1) is 10.1 Å². The molecule has 0 saturated heterocycles. The van der Waals surface area contributed by atoms with E-state index in [2.05, 4.69) is 38.6 Å². The van der Waals surface area contributed by atoms with Gasteiger partial charge in [-0.2, -0.15) is 0 Å². The third-order valence-corrected chi connectivity index (χ3v) is 7.00. The number of unbranched alkanes of at least 4 members (excludes halogenated alkanes) is 2. The number of benzene rings is 1. The van der Waals surface area contributed by atoms with Crippen LogP contribution in [-0.4, -0.2) is 33.6 Å². The molecular formula is C23H35NO6. The molecule has 7 nitrogen and oxygen atoms in total. The Morgan fingerprint density at radius 3 is 2.70 bits per heavy atom. The molecule has 0 amide bonds. The Hall–Kier alpha value is -2.02. The maximum Gasteiger partial charge on any atom is 0.294 e. The van der Waals surface area contributed by atoms with Crippen molar-refractivity contribution in [2.75, 3.05) is 6.61 Å². The standard InChI is InChI=1S/C23H35NO6/c1-22(2,10-6-5-7-11-29-24(27)28)15-12-19(26)21-17-14-16(25)8-9-18(17)23(3,4)30-20(21)13-15/h12-13,16-18,25-26H,5-11,14H2,1-4H3/t16-,17-,18-/m1/s1. The van der Waals surface area contributed by atoms with Crippen molar-refractivity contribution in [1.29, 1.82) is 0 Å². The molecule has 0 spiro atoms. The first-order valence-corrected chi connectivity index (χ1v) is 11.0. The molecule has 7 heteroatoms. The molecule has 1 fully saturated rings. The van der Waals surface area contributed by atoms with Crippen LogP contribution in [0.15, 0.2) is 12.1 Å². The molecule has 0 radical (unpaired) electrons. The summed E-state index contributed by atoms with van der Waals surface area (Å²) in [5.74, 6) is 1.37. The highest BCUT2D eigenvalue weighted by Crippen LogP contribution is 2.55. The summed E-state index contributed by atoms with van der Waals surface area (Å²) in [5.41, 5.74) is 1.34. The Bertz CT molecular complexity index is 775. The van der Waals surface area contributed by atoms with Crippen LogP contribution in [0.5, 0.6) is 11.5 Å². The van der Waals surface area contributed by atoms with Crippen molar-refractivity contribution in [2.45, 2.75) is 95.7 Å². The minimum Gasteiger partial charge on any atom is -0.508 e. The molecule has 1 aromatic carbocycles. The highest BCUT2D eigenvalue weighted by Gasteiger charge is 2.47. The van der Waals surface area contributed by atoms with E-state index in [9.17, 15) is 20.3 Å². The summed E-state index contributed by atoms with van der Waals surface area (Å²) in [6.07, 6.45) is 5.30. The second kappa shape index (κ2) is 8.61. The fourth-order valence-corrected chi connectivity index (χ4v) is 5.25. The number of hydrogen-bond donors (Lipinski definition) is 2. The van der Waals surface area contributed by atoms with Crippen molar-refractivity contribution in [3.63, 3.8) is 0 Å². The van der Waals surface area contributed by atoms with E-state index < -0.39 is 5.09 Å². The summed E-state index contributed by atoms with van der Waals surface area (Å²) < 4.78 is 6.40. The molecule has 2 N–H and O–H groups in total. The zero-order valence-electron chi connectivity index (χ0n) is 18.5. The minimum atomic E-state index is -0.753. The van der Waals surface area contributed by atoms with Gasteiger partial charge in [0.15, 0.2) is 0 Å². The number of fused-ring (bicyclic) bond motifs is 3. The van der Waals surface area contributed by atoms with Crippen LogP contribution in [-0.2, 0) is 10.3 Å². The second-order valence-electron chi connectivity index (χ2n) is 10.0. The zero-order valence-corrected chi connectivity index (χ0v) is 18.5. The Labute approximate surface area is 178 Å². The Balaban J connectivity index is 1.75. The third-order valence-electron chi connectivity index (χ3n) is 7.00. The lowest BCUT2D eigenvalue weighted by atomic mass is 9.65. The second-order valence-corrected chi connectivity index (χ2v) is 10.0. The highest BCUT2D eigenvalue weighted by atomic mass is 16.9. The number of aromatic hydroxyl groups is 1. The molecule has 1 heterocycles. The molecule has 1 aliphatic heterocycles. The van der Waals surface area contributed by atoms with E-state index >= 15 is 0 Å². The van der Waals surface area contributed by atoms with Gasteiger partial charge in [0.1, 0.15) is 17.1 Å². The summed E-state index contributed by atoms with van der Waals surface area (Å²) >= 11 is 0. The normalized spacial score (nSPS) is 25.0. The van der Waals surface area contributed by atoms with Crippen LogP contribution in [0.2, 0.25) is 0 Å². The average molecular weight is 422 g/mol. The monoisotopic (exact) mass is 421 g/mol. The number of rotatable bonds is 8. The number of nitrogens with zero attached hydrogens (tertiary/aromatic N) is 1. The predicted molar refractivity (Wildman–Crippen MR) is 113 cm³/mol. The molecule has 0 bridgehead atoms.